The van der Waals surface area contributed by atoms with E-state index in [0.717, 1.165) is 38.5 Å². The standard InChI is InChI=1S/C17H22ClFN2O3/c1-2-21-7-5-11(6-8-21)9-15(22)20-16(17(23)24)12-3-4-14(19)13(18)10-12/h3-4,10-11,16H,2,5-9H2,1H3,(H,20,22)(H,23,24)/t16-/m0/s1. The van der Waals surface area contributed by atoms with Crippen molar-refractivity contribution in [3.8, 4) is 0 Å². The maximum absolute atomic E-state index is 13.2. The van der Waals surface area contributed by atoms with Gasteiger partial charge in [-0.05, 0) is 56.1 Å². The lowest BCUT2D eigenvalue weighted by Gasteiger charge is -2.30. The van der Waals surface area contributed by atoms with Crippen LogP contribution in [0, 0.1) is 11.7 Å². The van der Waals surface area contributed by atoms with Crippen LogP contribution in [-0.4, -0.2) is 41.5 Å². The van der Waals surface area contributed by atoms with Crippen LogP contribution in [0.4, 0.5) is 4.39 Å². The molecule has 1 aliphatic heterocycles. The molecule has 1 heterocycles. The first-order valence-corrected chi connectivity index (χ1v) is 8.48. The highest BCUT2D eigenvalue weighted by atomic mass is 35.5. The van der Waals surface area contributed by atoms with Crippen LogP contribution in [0.1, 0.15) is 37.8 Å². The second kappa shape index (κ2) is 8.44. The molecule has 0 aromatic heterocycles. The number of carbonyl (C=O) groups is 2. The van der Waals surface area contributed by atoms with E-state index in [-0.39, 0.29) is 22.4 Å². The number of carbonyl (C=O) groups excluding carboxylic acids is 1. The minimum absolute atomic E-state index is 0.167. The van der Waals surface area contributed by atoms with Gasteiger partial charge in [0, 0.05) is 6.42 Å². The third-order valence-electron chi connectivity index (χ3n) is 4.46. The van der Waals surface area contributed by atoms with E-state index in [1.807, 2.05) is 0 Å². The van der Waals surface area contributed by atoms with Crippen molar-refractivity contribution in [3.05, 3.63) is 34.6 Å². The molecule has 1 aromatic rings. The number of benzene rings is 1. The molecule has 1 amide bonds. The highest BCUT2D eigenvalue weighted by molar-refractivity contribution is 6.30. The normalized spacial score (nSPS) is 17.5. The maximum atomic E-state index is 13.2. The van der Waals surface area contributed by atoms with Crippen molar-refractivity contribution in [1.82, 2.24) is 10.2 Å². The van der Waals surface area contributed by atoms with Gasteiger partial charge in [-0.3, -0.25) is 4.79 Å². The quantitative estimate of drug-likeness (QED) is 0.822. The molecule has 2 N–H and O–H groups in total. The first-order chi connectivity index (χ1) is 11.4. The third kappa shape index (κ3) is 4.92. The van der Waals surface area contributed by atoms with E-state index in [1.54, 1.807) is 0 Å². The minimum Gasteiger partial charge on any atom is -0.479 e. The van der Waals surface area contributed by atoms with Gasteiger partial charge in [0.25, 0.3) is 0 Å². The van der Waals surface area contributed by atoms with Gasteiger partial charge in [-0.2, -0.15) is 0 Å². The van der Waals surface area contributed by atoms with Gasteiger partial charge < -0.3 is 15.3 Å². The molecular formula is C17H22ClFN2O3. The summed E-state index contributed by atoms with van der Waals surface area (Å²) in [5.41, 5.74) is 0.253. The number of halogens is 2. The number of likely N-dealkylation sites (tertiary alicyclic amines) is 1. The summed E-state index contributed by atoms with van der Waals surface area (Å²) < 4.78 is 13.2. The first-order valence-electron chi connectivity index (χ1n) is 8.10. The van der Waals surface area contributed by atoms with Crippen LogP contribution in [-0.2, 0) is 9.59 Å². The van der Waals surface area contributed by atoms with Gasteiger partial charge >= 0.3 is 5.97 Å². The summed E-state index contributed by atoms with van der Waals surface area (Å²) in [4.78, 5) is 26.0. The number of hydrogen-bond acceptors (Lipinski definition) is 3. The van der Waals surface area contributed by atoms with Gasteiger partial charge in [0.15, 0.2) is 6.04 Å². The number of piperidine rings is 1. The fraction of sp³-hybridized carbons (Fsp3) is 0.529. The number of carboxylic acids is 1. The Balaban J connectivity index is 1.96. The van der Waals surface area contributed by atoms with Crippen LogP contribution in [0.5, 0.6) is 0 Å². The largest absolute Gasteiger partial charge is 0.479 e. The topological polar surface area (TPSA) is 69.6 Å². The van der Waals surface area contributed by atoms with Crippen molar-refractivity contribution in [3.63, 3.8) is 0 Å². The summed E-state index contributed by atoms with van der Waals surface area (Å²) >= 11 is 5.70. The van der Waals surface area contributed by atoms with Crippen molar-refractivity contribution in [2.24, 2.45) is 5.92 Å². The molecule has 1 saturated heterocycles. The predicted molar refractivity (Wildman–Crippen MR) is 89.4 cm³/mol. The van der Waals surface area contributed by atoms with E-state index < -0.39 is 17.8 Å². The van der Waals surface area contributed by atoms with Crippen molar-refractivity contribution in [1.29, 1.82) is 0 Å². The first kappa shape index (κ1) is 18.7. The summed E-state index contributed by atoms with van der Waals surface area (Å²) in [6.45, 7) is 5.04. The molecule has 24 heavy (non-hydrogen) atoms. The molecule has 5 nitrogen and oxygen atoms in total. The zero-order valence-corrected chi connectivity index (χ0v) is 14.4. The summed E-state index contributed by atoms with van der Waals surface area (Å²) in [5, 5.41) is 11.7. The molecule has 1 aromatic carbocycles. The highest BCUT2D eigenvalue weighted by Crippen LogP contribution is 2.23. The van der Waals surface area contributed by atoms with E-state index in [2.05, 4.69) is 17.1 Å². The Labute approximate surface area is 145 Å². The van der Waals surface area contributed by atoms with Gasteiger partial charge in [0.1, 0.15) is 5.82 Å². The Hall–Kier alpha value is -1.66. The molecular weight excluding hydrogens is 335 g/mol. The minimum atomic E-state index is -1.23. The molecule has 1 atom stereocenters. The third-order valence-corrected chi connectivity index (χ3v) is 4.75. The summed E-state index contributed by atoms with van der Waals surface area (Å²) in [6, 6.07) is 2.42. The number of amides is 1. The zero-order valence-electron chi connectivity index (χ0n) is 13.6. The lowest BCUT2D eigenvalue weighted by atomic mass is 9.93. The number of nitrogens with zero attached hydrogens (tertiary/aromatic N) is 1. The number of carboxylic acid groups (broad SMARTS) is 1. The van der Waals surface area contributed by atoms with Crippen LogP contribution in [0.15, 0.2) is 18.2 Å². The summed E-state index contributed by atoms with van der Waals surface area (Å²) in [6.07, 6.45) is 2.17. The maximum Gasteiger partial charge on any atom is 0.330 e. The number of nitrogens with one attached hydrogen (secondary N) is 1. The van der Waals surface area contributed by atoms with Gasteiger partial charge in [-0.25, -0.2) is 9.18 Å². The predicted octanol–water partition coefficient (Wildman–Crippen LogP) is 2.84. The molecule has 2 rings (SSSR count). The number of aliphatic carboxylic acids is 1. The van der Waals surface area contributed by atoms with Gasteiger partial charge in [0.2, 0.25) is 5.91 Å². The van der Waals surface area contributed by atoms with Crippen molar-refractivity contribution >= 4 is 23.5 Å². The monoisotopic (exact) mass is 356 g/mol. The van der Waals surface area contributed by atoms with Crippen LogP contribution in [0.25, 0.3) is 0 Å². The Bertz CT molecular complexity index is 603. The Morgan fingerprint density at radius 3 is 2.62 bits per heavy atom. The molecule has 132 valence electrons. The van der Waals surface area contributed by atoms with Crippen LogP contribution in [0.2, 0.25) is 5.02 Å². The van der Waals surface area contributed by atoms with Gasteiger partial charge in [-0.15, -0.1) is 0 Å². The molecule has 1 aliphatic rings. The molecule has 0 aliphatic carbocycles. The fourth-order valence-corrected chi connectivity index (χ4v) is 3.16. The molecule has 7 heteroatoms. The Morgan fingerprint density at radius 2 is 2.08 bits per heavy atom. The Kier molecular flexibility index (Phi) is 6.57. The summed E-state index contributed by atoms with van der Waals surface area (Å²) in [7, 11) is 0. The molecule has 1 fully saturated rings. The smallest absolute Gasteiger partial charge is 0.330 e. The second-order valence-electron chi connectivity index (χ2n) is 6.09. The average Bonchev–Trinajstić information content (AvgIpc) is 2.56. The van der Waals surface area contributed by atoms with E-state index in [1.165, 1.54) is 12.1 Å². The van der Waals surface area contributed by atoms with Crippen molar-refractivity contribution in [2.45, 2.75) is 32.2 Å². The van der Waals surface area contributed by atoms with Gasteiger partial charge in [-0.1, -0.05) is 24.6 Å². The molecule has 0 bridgehead atoms. The van der Waals surface area contributed by atoms with E-state index >= 15 is 0 Å². The van der Waals surface area contributed by atoms with Crippen LogP contribution in [0.3, 0.4) is 0 Å². The number of hydrogen-bond donors (Lipinski definition) is 2. The SMILES string of the molecule is CCN1CCC(CC(=O)N[C@H](C(=O)O)c2ccc(F)c(Cl)c2)CC1. The van der Waals surface area contributed by atoms with E-state index in [0.29, 0.717) is 6.42 Å². The van der Waals surface area contributed by atoms with Crippen LogP contribution >= 0.6 is 11.6 Å². The van der Waals surface area contributed by atoms with Crippen molar-refractivity contribution in [2.75, 3.05) is 19.6 Å². The lowest BCUT2D eigenvalue weighted by Crippen LogP contribution is -2.38. The number of rotatable bonds is 6. The zero-order chi connectivity index (χ0) is 17.7. The molecule has 0 spiro atoms. The fourth-order valence-electron chi connectivity index (χ4n) is 2.97. The summed E-state index contributed by atoms with van der Waals surface area (Å²) in [5.74, 6) is -1.87. The van der Waals surface area contributed by atoms with E-state index in [9.17, 15) is 19.1 Å². The second-order valence-corrected chi connectivity index (χ2v) is 6.50. The highest BCUT2D eigenvalue weighted by Gasteiger charge is 2.26. The van der Waals surface area contributed by atoms with Crippen molar-refractivity contribution < 1.29 is 19.1 Å². The molecule has 0 saturated carbocycles. The van der Waals surface area contributed by atoms with Crippen LogP contribution < -0.4 is 5.32 Å². The van der Waals surface area contributed by atoms with Gasteiger partial charge in [0.05, 0.1) is 5.02 Å². The average molecular weight is 357 g/mol. The van der Waals surface area contributed by atoms with E-state index in [4.69, 9.17) is 11.6 Å². The Morgan fingerprint density at radius 1 is 1.42 bits per heavy atom. The molecule has 0 unspecified atom stereocenters. The molecule has 0 radical (unpaired) electrons. The lowest BCUT2D eigenvalue weighted by molar-refractivity contribution is -0.142.